The van der Waals surface area contributed by atoms with Gasteiger partial charge in [-0.05, 0) is 48.5 Å². The van der Waals surface area contributed by atoms with Crippen LogP contribution in [0.15, 0.2) is 48.5 Å². The number of carbonyl (C=O) groups is 1. The van der Waals surface area contributed by atoms with Gasteiger partial charge in [0.1, 0.15) is 5.75 Å². The maximum absolute atomic E-state index is 11.9. The van der Waals surface area contributed by atoms with E-state index in [4.69, 9.17) is 12.2 Å². The van der Waals surface area contributed by atoms with Gasteiger partial charge in [0, 0.05) is 11.3 Å². The van der Waals surface area contributed by atoms with Crippen LogP contribution in [0.25, 0.3) is 0 Å². The summed E-state index contributed by atoms with van der Waals surface area (Å²) in [6.45, 7) is 2.06. The van der Waals surface area contributed by atoms with Crippen molar-refractivity contribution in [2.75, 3.05) is 5.32 Å². The number of carbonyl (C=O) groups excluding carboxylic acids is 1. The van der Waals surface area contributed by atoms with Crippen molar-refractivity contribution >= 4 is 28.9 Å². The third kappa shape index (κ3) is 4.20. The summed E-state index contributed by atoms with van der Waals surface area (Å²) < 4.78 is 0. The van der Waals surface area contributed by atoms with Crippen LogP contribution in [0.1, 0.15) is 22.8 Å². The Morgan fingerprint density at radius 1 is 1.14 bits per heavy atom. The Morgan fingerprint density at radius 2 is 1.91 bits per heavy atom. The molecule has 0 aliphatic rings. The molecule has 0 saturated heterocycles. The fourth-order valence-electron chi connectivity index (χ4n) is 1.94. The number of rotatable bonds is 3. The number of phenols is 1. The van der Waals surface area contributed by atoms with Crippen LogP contribution < -0.4 is 16.2 Å². The fraction of sp³-hybridized carbons (Fsp3) is 0.125. The van der Waals surface area contributed by atoms with Crippen LogP contribution in [-0.4, -0.2) is 16.1 Å². The molecule has 0 aromatic heterocycles. The van der Waals surface area contributed by atoms with E-state index >= 15 is 0 Å². The van der Waals surface area contributed by atoms with Gasteiger partial charge in [0.2, 0.25) is 0 Å². The normalized spacial score (nSPS) is 9.86. The molecule has 6 heteroatoms. The number of benzene rings is 2. The minimum Gasteiger partial charge on any atom is -0.508 e. The summed E-state index contributed by atoms with van der Waals surface area (Å²) in [5, 5.41) is 12.7. The second kappa shape index (κ2) is 7.42. The van der Waals surface area contributed by atoms with Gasteiger partial charge in [-0.2, -0.15) is 0 Å². The van der Waals surface area contributed by atoms with E-state index in [-0.39, 0.29) is 16.8 Å². The summed E-state index contributed by atoms with van der Waals surface area (Å²) >= 11 is 5.15. The molecule has 0 aliphatic heterocycles. The minimum atomic E-state index is -0.385. The number of hydrogen-bond donors (Lipinski definition) is 4. The molecule has 4 N–H and O–H groups in total. The number of aryl methyl sites for hydroxylation is 1. The van der Waals surface area contributed by atoms with Gasteiger partial charge in [-0.25, -0.2) is 0 Å². The van der Waals surface area contributed by atoms with Gasteiger partial charge in [-0.1, -0.05) is 31.2 Å². The first kappa shape index (κ1) is 15.8. The maximum Gasteiger partial charge on any atom is 0.269 e. The molecule has 2 rings (SSSR count). The van der Waals surface area contributed by atoms with E-state index in [0.717, 1.165) is 17.7 Å². The van der Waals surface area contributed by atoms with E-state index in [2.05, 4.69) is 23.1 Å². The topological polar surface area (TPSA) is 73.4 Å². The van der Waals surface area contributed by atoms with Crippen LogP contribution in [0.3, 0.4) is 0 Å². The molecule has 0 unspecified atom stereocenters. The zero-order valence-corrected chi connectivity index (χ0v) is 12.9. The predicted molar refractivity (Wildman–Crippen MR) is 90.7 cm³/mol. The number of hydrazine groups is 1. The number of anilines is 1. The summed E-state index contributed by atoms with van der Waals surface area (Å²) in [5.74, 6) is -0.353. The fourth-order valence-corrected chi connectivity index (χ4v) is 2.10. The standard InChI is InChI=1S/C16H17N3O2S/c1-2-11-6-3-4-9-14(11)17-16(22)19-18-15(21)12-7-5-8-13(20)10-12/h3-10,20H,2H2,1H3,(H,18,21)(H2,17,19,22). The number of aromatic hydroxyl groups is 1. The van der Waals surface area contributed by atoms with Gasteiger partial charge in [-0.3, -0.25) is 15.6 Å². The van der Waals surface area contributed by atoms with Crippen LogP contribution in [0.5, 0.6) is 5.75 Å². The Labute approximate surface area is 134 Å². The third-order valence-corrected chi connectivity index (χ3v) is 3.25. The quantitative estimate of drug-likeness (QED) is 0.517. The van der Waals surface area contributed by atoms with Crippen LogP contribution in [0, 0.1) is 0 Å². The van der Waals surface area contributed by atoms with Crippen molar-refractivity contribution in [2.45, 2.75) is 13.3 Å². The van der Waals surface area contributed by atoms with Crippen molar-refractivity contribution in [1.82, 2.24) is 10.9 Å². The average Bonchev–Trinajstić information content (AvgIpc) is 2.53. The van der Waals surface area contributed by atoms with Crippen LogP contribution in [-0.2, 0) is 6.42 Å². The largest absolute Gasteiger partial charge is 0.508 e. The highest BCUT2D eigenvalue weighted by molar-refractivity contribution is 7.80. The number of phenolic OH excluding ortho intramolecular Hbond substituents is 1. The van der Waals surface area contributed by atoms with Gasteiger partial charge in [0.25, 0.3) is 5.91 Å². The van der Waals surface area contributed by atoms with Gasteiger partial charge >= 0.3 is 0 Å². The molecular formula is C16H17N3O2S. The number of thiocarbonyl (C=S) groups is 1. The van der Waals surface area contributed by atoms with Crippen molar-refractivity contribution in [3.63, 3.8) is 0 Å². The summed E-state index contributed by atoms with van der Waals surface area (Å²) in [5.41, 5.74) is 7.48. The molecule has 2 aromatic rings. The van der Waals surface area contributed by atoms with E-state index in [9.17, 15) is 9.90 Å². The van der Waals surface area contributed by atoms with E-state index in [1.165, 1.54) is 12.1 Å². The lowest BCUT2D eigenvalue weighted by Crippen LogP contribution is -2.43. The van der Waals surface area contributed by atoms with Crippen molar-refractivity contribution in [1.29, 1.82) is 0 Å². The number of amides is 1. The summed E-state index contributed by atoms with van der Waals surface area (Å²) in [6, 6.07) is 13.9. The molecule has 22 heavy (non-hydrogen) atoms. The highest BCUT2D eigenvalue weighted by Crippen LogP contribution is 2.15. The molecule has 2 aromatic carbocycles. The molecule has 0 bridgehead atoms. The average molecular weight is 315 g/mol. The number of nitrogens with one attached hydrogen (secondary N) is 3. The molecule has 0 fully saturated rings. The molecule has 0 atom stereocenters. The molecule has 0 heterocycles. The van der Waals surface area contributed by atoms with Crippen LogP contribution >= 0.6 is 12.2 Å². The predicted octanol–water partition coefficient (Wildman–Crippen LogP) is 2.59. The lowest BCUT2D eigenvalue weighted by atomic mass is 10.1. The summed E-state index contributed by atoms with van der Waals surface area (Å²) in [6.07, 6.45) is 0.876. The monoisotopic (exact) mass is 315 g/mol. The lowest BCUT2D eigenvalue weighted by Gasteiger charge is -2.14. The summed E-state index contributed by atoms with van der Waals surface area (Å²) in [7, 11) is 0. The number of hydrogen-bond acceptors (Lipinski definition) is 3. The molecule has 0 spiro atoms. The first-order chi connectivity index (χ1) is 10.6. The van der Waals surface area contributed by atoms with Gasteiger partial charge in [0.15, 0.2) is 5.11 Å². The Hall–Kier alpha value is -2.60. The maximum atomic E-state index is 11.9. The van der Waals surface area contributed by atoms with Gasteiger partial charge in [-0.15, -0.1) is 0 Å². The highest BCUT2D eigenvalue weighted by atomic mass is 32.1. The van der Waals surface area contributed by atoms with E-state index in [1.807, 2.05) is 24.3 Å². The Kier molecular flexibility index (Phi) is 5.32. The molecular weight excluding hydrogens is 298 g/mol. The smallest absolute Gasteiger partial charge is 0.269 e. The van der Waals surface area contributed by atoms with E-state index in [1.54, 1.807) is 12.1 Å². The number of para-hydroxylation sites is 1. The van der Waals surface area contributed by atoms with Crippen molar-refractivity contribution < 1.29 is 9.90 Å². The second-order valence-electron chi connectivity index (χ2n) is 4.59. The zero-order chi connectivity index (χ0) is 15.9. The van der Waals surface area contributed by atoms with Crippen molar-refractivity contribution in [3.8, 4) is 5.75 Å². The van der Waals surface area contributed by atoms with Crippen molar-refractivity contribution in [2.24, 2.45) is 0 Å². The van der Waals surface area contributed by atoms with Crippen molar-refractivity contribution in [3.05, 3.63) is 59.7 Å². The molecule has 0 radical (unpaired) electrons. The second-order valence-corrected chi connectivity index (χ2v) is 5.00. The molecule has 0 saturated carbocycles. The SMILES string of the molecule is CCc1ccccc1NC(=S)NNC(=O)c1cccc(O)c1. The summed E-state index contributed by atoms with van der Waals surface area (Å²) in [4.78, 5) is 11.9. The Bertz CT molecular complexity index is 689. The van der Waals surface area contributed by atoms with E-state index < -0.39 is 0 Å². The Balaban J connectivity index is 1.91. The van der Waals surface area contributed by atoms with Gasteiger partial charge < -0.3 is 10.4 Å². The highest BCUT2D eigenvalue weighted by Gasteiger charge is 2.07. The molecule has 1 amide bonds. The lowest BCUT2D eigenvalue weighted by molar-refractivity contribution is 0.0944. The van der Waals surface area contributed by atoms with Gasteiger partial charge in [0.05, 0.1) is 0 Å². The Morgan fingerprint density at radius 3 is 2.64 bits per heavy atom. The molecule has 114 valence electrons. The third-order valence-electron chi connectivity index (χ3n) is 3.04. The minimum absolute atomic E-state index is 0.0326. The van der Waals surface area contributed by atoms with E-state index in [0.29, 0.717) is 5.56 Å². The first-order valence-electron chi connectivity index (χ1n) is 6.84. The molecule has 0 aliphatic carbocycles. The van der Waals surface area contributed by atoms with Crippen LogP contribution in [0.4, 0.5) is 5.69 Å². The first-order valence-corrected chi connectivity index (χ1v) is 7.25. The zero-order valence-electron chi connectivity index (χ0n) is 12.1. The van der Waals surface area contributed by atoms with Crippen LogP contribution in [0.2, 0.25) is 0 Å². The molecule has 5 nitrogen and oxygen atoms in total.